The van der Waals surface area contributed by atoms with Gasteiger partial charge in [-0.05, 0) is 22.9 Å². The number of nitrogens with one attached hydrogen (secondary N) is 1. The van der Waals surface area contributed by atoms with Crippen LogP contribution < -0.4 is 5.32 Å². The van der Waals surface area contributed by atoms with Gasteiger partial charge >= 0.3 is 0 Å². The van der Waals surface area contributed by atoms with Gasteiger partial charge in [0.1, 0.15) is 5.82 Å². The van der Waals surface area contributed by atoms with Crippen LogP contribution >= 0.6 is 11.5 Å². The molecule has 0 spiro atoms. The molecule has 90 valence electrons. The molecule has 1 heterocycles. The summed E-state index contributed by atoms with van der Waals surface area (Å²) in [6, 6.07) is 6.64. The van der Waals surface area contributed by atoms with Crippen molar-refractivity contribution in [3.05, 3.63) is 35.6 Å². The van der Waals surface area contributed by atoms with Crippen LogP contribution in [0.25, 0.3) is 0 Å². The van der Waals surface area contributed by atoms with Crippen LogP contribution in [-0.2, 0) is 5.41 Å². The lowest BCUT2D eigenvalue weighted by Crippen LogP contribution is -2.27. The Hall–Kier alpha value is -1.56. The number of halogens is 1. The van der Waals surface area contributed by atoms with Crippen molar-refractivity contribution in [2.45, 2.75) is 19.3 Å². The summed E-state index contributed by atoms with van der Waals surface area (Å²) in [5, 5.41) is 11.1. The molecule has 17 heavy (non-hydrogen) atoms. The first-order valence-corrected chi connectivity index (χ1v) is 6.00. The smallest absolute Gasteiger partial charge is 0.225 e. The maximum atomic E-state index is 13.2. The fraction of sp³-hybridized carbons (Fsp3) is 0.364. The Labute approximate surface area is 103 Å². The number of hydrogen-bond acceptors (Lipinski definition) is 5. The Morgan fingerprint density at radius 3 is 2.88 bits per heavy atom. The van der Waals surface area contributed by atoms with Crippen molar-refractivity contribution in [3.63, 3.8) is 0 Å². The molecule has 2 rings (SSSR count). The Morgan fingerprint density at radius 2 is 2.24 bits per heavy atom. The molecule has 1 aromatic carbocycles. The van der Waals surface area contributed by atoms with Gasteiger partial charge in [-0.15, -0.1) is 0 Å². The summed E-state index contributed by atoms with van der Waals surface area (Å²) in [5.41, 5.74) is 0.760. The van der Waals surface area contributed by atoms with Gasteiger partial charge in [0.15, 0.2) is 0 Å². The molecule has 6 heteroatoms. The molecule has 0 aliphatic heterocycles. The summed E-state index contributed by atoms with van der Waals surface area (Å²) in [6.45, 7) is 4.74. The summed E-state index contributed by atoms with van der Waals surface area (Å²) >= 11 is 1.20. The standard InChI is InChI=1S/C11H13FN4S/c1-11(2,7-13-10-14-15-16-17-10)8-4-3-5-9(12)6-8/h3-6H,7H2,1-2H3,(H,13,14,16). The second kappa shape index (κ2) is 4.75. The average Bonchev–Trinajstić information content (AvgIpc) is 2.79. The van der Waals surface area contributed by atoms with Gasteiger partial charge in [0, 0.05) is 23.5 Å². The summed E-state index contributed by atoms with van der Waals surface area (Å²) < 4.78 is 16.8. The van der Waals surface area contributed by atoms with E-state index in [0.29, 0.717) is 11.7 Å². The van der Waals surface area contributed by atoms with E-state index in [0.717, 1.165) is 5.56 Å². The highest BCUT2D eigenvalue weighted by Crippen LogP contribution is 2.24. The third-order valence-corrected chi connectivity index (χ3v) is 3.14. The monoisotopic (exact) mass is 252 g/mol. The highest BCUT2D eigenvalue weighted by atomic mass is 32.1. The van der Waals surface area contributed by atoms with Crippen molar-refractivity contribution >= 4 is 16.7 Å². The minimum Gasteiger partial charge on any atom is -0.358 e. The van der Waals surface area contributed by atoms with Crippen molar-refractivity contribution in [1.29, 1.82) is 0 Å². The average molecular weight is 252 g/mol. The number of aromatic nitrogens is 3. The zero-order valence-corrected chi connectivity index (χ0v) is 10.5. The van der Waals surface area contributed by atoms with Crippen LogP contribution in [0.4, 0.5) is 9.52 Å². The van der Waals surface area contributed by atoms with E-state index in [1.165, 1.54) is 17.6 Å². The van der Waals surface area contributed by atoms with Gasteiger partial charge in [-0.1, -0.05) is 35.6 Å². The van der Waals surface area contributed by atoms with Gasteiger partial charge in [0.2, 0.25) is 5.13 Å². The molecule has 1 N–H and O–H groups in total. The molecular weight excluding hydrogens is 239 g/mol. The van der Waals surface area contributed by atoms with E-state index in [1.54, 1.807) is 12.1 Å². The number of rotatable bonds is 4. The van der Waals surface area contributed by atoms with E-state index >= 15 is 0 Å². The zero-order valence-electron chi connectivity index (χ0n) is 9.64. The van der Waals surface area contributed by atoms with Crippen LogP contribution in [-0.4, -0.2) is 21.3 Å². The minimum atomic E-state index is -0.215. The van der Waals surface area contributed by atoms with Crippen LogP contribution in [0.3, 0.4) is 0 Å². The Kier molecular flexibility index (Phi) is 3.33. The van der Waals surface area contributed by atoms with Crippen LogP contribution in [0, 0.1) is 5.82 Å². The maximum Gasteiger partial charge on any atom is 0.225 e. The molecule has 0 saturated heterocycles. The molecule has 0 radical (unpaired) electrons. The van der Waals surface area contributed by atoms with Crippen LogP contribution in [0.15, 0.2) is 24.3 Å². The molecule has 0 aliphatic rings. The predicted molar refractivity (Wildman–Crippen MR) is 65.6 cm³/mol. The van der Waals surface area contributed by atoms with E-state index in [9.17, 15) is 4.39 Å². The van der Waals surface area contributed by atoms with Crippen molar-refractivity contribution < 1.29 is 4.39 Å². The van der Waals surface area contributed by atoms with E-state index in [-0.39, 0.29) is 11.2 Å². The highest BCUT2D eigenvalue weighted by molar-refractivity contribution is 7.09. The third-order valence-electron chi connectivity index (χ3n) is 2.59. The Morgan fingerprint density at radius 1 is 1.41 bits per heavy atom. The van der Waals surface area contributed by atoms with E-state index < -0.39 is 0 Å². The SMILES string of the molecule is CC(C)(CNc1nnns1)c1cccc(F)c1. The van der Waals surface area contributed by atoms with Gasteiger partial charge in [-0.25, -0.2) is 4.39 Å². The van der Waals surface area contributed by atoms with Gasteiger partial charge < -0.3 is 5.32 Å². The van der Waals surface area contributed by atoms with Crippen LogP contribution in [0.1, 0.15) is 19.4 Å². The second-order valence-electron chi connectivity index (χ2n) is 4.42. The molecule has 0 atom stereocenters. The summed E-state index contributed by atoms with van der Waals surface area (Å²) in [6.07, 6.45) is 0. The molecular formula is C11H13FN4S. The third kappa shape index (κ3) is 2.97. The maximum absolute atomic E-state index is 13.2. The summed E-state index contributed by atoms with van der Waals surface area (Å²) in [4.78, 5) is 0. The predicted octanol–water partition coefficient (Wildman–Crippen LogP) is 2.46. The topological polar surface area (TPSA) is 50.7 Å². The molecule has 0 fully saturated rings. The lowest BCUT2D eigenvalue weighted by atomic mass is 9.84. The lowest BCUT2D eigenvalue weighted by molar-refractivity contribution is 0.546. The van der Waals surface area contributed by atoms with Gasteiger partial charge in [0.25, 0.3) is 0 Å². The molecule has 0 aliphatic carbocycles. The van der Waals surface area contributed by atoms with Gasteiger partial charge in [-0.3, -0.25) is 0 Å². The van der Waals surface area contributed by atoms with Crippen molar-refractivity contribution in [1.82, 2.24) is 14.8 Å². The normalized spacial score (nSPS) is 11.5. The first kappa shape index (κ1) is 11.9. The number of anilines is 1. The molecule has 0 saturated carbocycles. The summed E-state index contributed by atoms with van der Waals surface area (Å²) in [7, 11) is 0. The van der Waals surface area contributed by atoms with Crippen LogP contribution in [0.2, 0.25) is 0 Å². The van der Waals surface area contributed by atoms with Gasteiger partial charge in [-0.2, -0.15) is 0 Å². The first-order chi connectivity index (χ1) is 8.08. The fourth-order valence-electron chi connectivity index (χ4n) is 1.51. The van der Waals surface area contributed by atoms with Crippen molar-refractivity contribution in [2.75, 3.05) is 11.9 Å². The largest absolute Gasteiger partial charge is 0.358 e. The Bertz CT molecular complexity index is 484. The quantitative estimate of drug-likeness (QED) is 0.908. The molecule has 0 amide bonds. The zero-order chi connectivity index (χ0) is 12.3. The van der Waals surface area contributed by atoms with E-state index in [1.807, 2.05) is 19.9 Å². The number of nitrogens with zero attached hydrogens (tertiary/aromatic N) is 3. The number of hydrogen-bond donors (Lipinski definition) is 1. The lowest BCUT2D eigenvalue weighted by Gasteiger charge is -2.25. The van der Waals surface area contributed by atoms with Gasteiger partial charge in [0.05, 0.1) is 0 Å². The van der Waals surface area contributed by atoms with Crippen molar-refractivity contribution in [3.8, 4) is 0 Å². The second-order valence-corrected chi connectivity index (χ2v) is 5.15. The molecule has 2 aromatic rings. The molecule has 0 bridgehead atoms. The summed E-state index contributed by atoms with van der Waals surface area (Å²) in [5.74, 6) is -0.215. The molecule has 4 nitrogen and oxygen atoms in total. The minimum absolute atomic E-state index is 0.187. The fourth-order valence-corrected chi connectivity index (χ4v) is 1.87. The van der Waals surface area contributed by atoms with E-state index in [2.05, 4.69) is 20.1 Å². The van der Waals surface area contributed by atoms with Crippen LogP contribution in [0.5, 0.6) is 0 Å². The van der Waals surface area contributed by atoms with Crippen molar-refractivity contribution in [2.24, 2.45) is 0 Å². The molecule has 1 aromatic heterocycles. The van der Waals surface area contributed by atoms with E-state index in [4.69, 9.17) is 0 Å². The molecule has 0 unspecified atom stereocenters. The first-order valence-electron chi connectivity index (χ1n) is 5.23. The number of benzene rings is 1. The highest BCUT2D eigenvalue weighted by Gasteiger charge is 2.21. The Balaban J connectivity index is 2.08.